The summed E-state index contributed by atoms with van der Waals surface area (Å²) in [5.41, 5.74) is 2.11. The standard InChI is InChI=1S/C36H43N5O5/c42-32(35(45)38-21-23-9-3-1-4-10-23)29(16-15-25-17-18-37-33(25)43)40-34(44)31-20-27(24-11-5-2-6-12-24)22-41(31)36(46)30-19-26-13-7-8-14-28(26)39-30/h1,3-4,7-10,13-14,19,24-25,27,29,31,39H,2,5-6,11-12,15-18,20-22H2,(H,37,43)(H,38,45)(H,40,44)/t25-,27-,29+,31+/m1/s1. The number of benzene rings is 2. The molecule has 4 amide bonds. The zero-order valence-corrected chi connectivity index (χ0v) is 26.1. The number of aromatic nitrogens is 1. The van der Waals surface area contributed by atoms with Crippen molar-refractivity contribution in [2.45, 2.75) is 76.4 Å². The second-order valence-electron chi connectivity index (χ2n) is 13.1. The van der Waals surface area contributed by atoms with Gasteiger partial charge in [-0.25, -0.2) is 0 Å². The first kappa shape index (κ1) is 31.5. The van der Waals surface area contributed by atoms with Crippen LogP contribution in [0.3, 0.4) is 0 Å². The highest BCUT2D eigenvalue weighted by Gasteiger charge is 2.44. The first-order chi connectivity index (χ1) is 22.4. The van der Waals surface area contributed by atoms with Crippen molar-refractivity contribution in [3.63, 3.8) is 0 Å². The van der Waals surface area contributed by atoms with Gasteiger partial charge in [-0.3, -0.25) is 24.0 Å². The van der Waals surface area contributed by atoms with Gasteiger partial charge in [-0.1, -0.05) is 80.6 Å². The summed E-state index contributed by atoms with van der Waals surface area (Å²) in [6, 6.07) is 16.9. The molecule has 3 fully saturated rings. The van der Waals surface area contributed by atoms with E-state index in [1.54, 1.807) is 4.90 Å². The maximum atomic E-state index is 14.1. The molecule has 0 spiro atoms. The zero-order chi connectivity index (χ0) is 32.0. The maximum absolute atomic E-state index is 14.1. The van der Waals surface area contributed by atoms with Crippen molar-refractivity contribution >= 4 is 40.3 Å². The van der Waals surface area contributed by atoms with Crippen LogP contribution in [0.2, 0.25) is 0 Å². The van der Waals surface area contributed by atoms with Crippen LogP contribution in [0.5, 0.6) is 0 Å². The smallest absolute Gasteiger partial charge is 0.289 e. The molecule has 2 saturated heterocycles. The van der Waals surface area contributed by atoms with Gasteiger partial charge in [-0.05, 0) is 55.2 Å². The van der Waals surface area contributed by atoms with E-state index >= 15 is 0 Å². The van der Waals surface area contributed by atoms with Gasteiger partial charge in [0.25, 0.3) is 11.8 Å². The van der Waals surface area contributed by atoms with Crippen LogP contribution in [0.1, 0.15) is 73.8 Å². The van der Waals surface area contributed by atoms with Gasteiger partial charge in [-0.15, -0.1) is 0 Å². The Morgan fingerprint density at radius 1 is 0.913 bits per heavy atom. The van der Waals surface area contributed by atoms with Crippen LogP contribution in [0, 0.1) is 17.8 Å². The number of hydrogen-bond acceptors (Lipinski definition) is 5. The van der Waals surface area contributed by atoms with E-state index in [0.29, 0.717) is 44.0 Å². The molecule has 4 atom stereocenters. The summed E-state index contributed by atoms with van der Waals surface area (Å²) >= 11 is 0. The molecule has 0 radical (unpaired) electrons. The summed E-state index contributed by atoms with van der Waals surface area (Å²) in [6.45, 7) is 1.21. The molecule has 0 unspecified atom stereocenters. The second-order valence-corrected chi connectivity index (χ2v) is 13.1. The SMILES string of the molecule is O=C(NCc1ccccc1)C(=O)[C@H](CC[C@@H]1CCNC1=O)NC(=O)[C@@H]1C[C@@H](C2CCCCC2)CN1C(=O)c1cc2ccccc2[nH]1. The van der Waals surface area contributed by atoms with Gasteiger partial charge in [0.05, 0.1) is 6.04 Å². The molecule has 242 valence electrons. The van der Waals surface area contributed by atoms with Crippen LogP contribution in [0.15, 0.2) is 60.7 Å². The number of hydrogen-bond donors (Lipinski definition) is 4. The summed E-state index contributed by atoms with van der Waals surface area (Å²) in [7, 11) is 0. The summed E-state index contributed by atoms with van der Waals surface area (Å²) < 4.78 is 0. The minimum atomic E-state index is -1.12. The van der Waals surface area contributed by atoms with E-state index in [1.807, 2.05) is 60.7 Å². The van der Waals surface area contributed by atoms with Crippen LogP contribution in [-0.2, 0) is 25.7 Å². The highest BCUT2D eigenvalue weighted by Crippen LogP contribution is 2.38. The Kier molecular flexibility index (Phi) is 9.80. The molecule has 2 aromatic carbocycles. The molecule has 10 nitrogen and oxygen atoms in total. The monoisotopic (exact) mass is 625 g/mol. The Bertz CT molecular complexity index is 1550. The number of carbonyl (C=O) groups is 5. The van der Waals surface area contributed by atoms with Crippen LogP contribution in [0.4, 0.5) is 0 Å². The van der Waals surface area contributed by atoms with Crippen LogP contribution >= 0.6 is 0 Å². The average molecular weight is 626 g/mol. The van der Waals surface area contributed by atoms with E-state index in [-0.39, 0.29) is 36.6 Å². The van der Waals surface area contributed by atoms with Crippen molar-refractivity contribution in [3.8, 4) is 0 Å². The lowest BCUT2D eigenvalue weighted by atomic mass is 9.79. The number of nitrogens with zero attached hydrogens (tertiary/aromatic N) is 1. The number of amides is 4. The Labute approximate surface area is 269 Å². The van der Waals surface area contributed by atoms with Crippen molar-refractivity contribution in [3.05, 3.63) is 71.9 Å². The Morgan fingerprint density at radius 2 is 1.67 bits per heavy atom. The van der Waals surface area contributed by atoms with E-state index in [0.717, 1.165) is 42.1 Å². The minimum absolute atomic E-state index is 0.0766. The zero-order valence-electron chi connectivity index (χ0n) is 26.1. The summed E-state index contributed by atoms with van der Waals surface area (Å²) in [5.74, 6) is -1.97. The van der Waals surface area contributed by atoms with Crippen molar-refractivity contribution < 1.29 is 24.0 Å². The first-order valence-corrected chi connectivity index (χ1v) is 16.7. The largest absolute Gasteiger partial charge is 0.356 e. The van der Waals surface area contributed by atoms with Crippen LogP contribution < -0.4 is 16.0 Å². The molecule has 2 aliphatic heterocycles. The molecule has 1 aromatic heterocycles. The van der Waals surface area contributed by atoms with Gasteiger partial charge in [0.15, 0.2) is 0 Å². The average Bonchev–Trinajstić information content (AvgIpc) is 3.84. The summed E-state index contributed by atoms with van der Waals surface area (Å²) in [4.78, 5) is 71.8. The molecule has 4 N–H and O–H groups in total. The molecule has 0 bridgehead atoms. The lowest BCUT2D eigenvalue weighted by Gasteiger charge is -2.27. The molecular formula is C36H43N5O5. The number of rotatable bonds is 11. The first-order valence-electron chi connectivity index (χ1n) is 16.7. The van der Waals surface area contributed by atoms with Crippen molar-refractivity contribution in [1.82, 2.24) is 25.8 Å². The molecule has 10 heteroatoms. The van der Waals surface area contributed by atoms with Crippen molar-refractivity contribution in [2.24, 2.45) is 17.8 Å². The molecule has 3 aromatic rings. The van der Waals surface area contributed by atoms with Crippen LogP contribution in [-0.4, -0.2) is 64.5 Å². The number of likely N-dealkylation sites (tertiary alicyclic amines) is 1. The number of nitrogens with one attached hydrogen (secondary N) is 4. The number of H-pyrrole nitrogens is 1. The van der Waals surface area contributed by atoms with E-state index in [4.69, 9.17) is 0 Å². The quantitative estimate of drug-likeness (QED) is 0.240. The number of fused-ring (bicyclic) bond motifs is 1. The summed E-state index contributed by atoms with van der Waals surface area (Å²) in [5, 5.41) is 9.29. The Morgan fingerprint density at radius 3 is 2.41 bits per heavy atom. The van der Waals surface area contributed by atoms with Gasteiger partial charge in [0.2, 0.25) is 17.6 Å². The number of ketones is 1. The molecule has 46 heavy (non-hydrogen) atoms. The normalized spacial score (nSPS) is 22.4. The molecule has 3 heterocycles. The van der Waals surface area contributed by atoms with E-state index in [9.17, 15) is 24.0 Å². The van der Waals surface area contributed by atoms with E-state index < -0.39 is 29.7 Å². The van der Waals surface area contributed by atoms with Gasteiger partial charge in [0, 0.05) is 36.5 Å². The Balaban J connectivity index is 1.20. The molecule has 1 saturated carbocycles. The highest BCUT2D eigenvalue weighted by molar-refractivity contribution is 6.38. The number of carbonyl (C=O) groups excluding carboxylic acids is 5. The fourth-order valence-electron chi connectivity index (χ4n) is 7.48. The summed E-state index contributed by atoms with van der Waals surface area (Å²) in [6.07, 6.45) is 7.34. The molecular weight excluding hydrogens is 582 g/mol. The lowest BCUT2D eigenvalue weighted by molar-refractivity contribution is -0.140. The van der Waals surface area contributed by atoms with Crippen molar-refractivity contribution in [2.75, 3.05) is 13.1 Å². The third-order valence-corrected chi connectivity index (χ3v) is 10.1. The Hall–Kier alpha value is -4.47. The van der Waals surface area contributed by atoms with Crippen molar-refractivity contribution in [1.29, 1.82) is 0 Å². The molecule has 1 aliphatic carbocycles. The lowest BCUT2D eigenvalue weighted by Crippen LogP contribution is -2.53. The third kappa shape index (κ3) is 7.16. The second kappa shape index (κ2) is 14.3. The fourth-order valence-corrected chi connectivity index (χ4v) is 7.48. The topological polar surface area (TPSA) is 140 Å². The number of Topliss-reactive ketones (excluding diaryl/α,β-unsaturated/α-hetero) is 1. The van der Waals surface area contributed by atoms with Gasteiger partial charge in [-0.2, -0.15) is 0 Å². The third-order valence-electron chi connectivity index (χ3n) is 10.1. The van der Waals surface area contributed by atoms with E-state index in [1.165, 1.54) is 6.42 Å². The predicted octanol–water partition coefficient (Wildman–Crippen LogP) is 3.87. The van der Waals surface area contributed by atoms with E-state index in [2.05, 4.69) is 20.9 Å². The maximum Gasteiger partial charge on any atom is 0.289 e. The number of para-hydroxylation sites is 1. The minimum Gasteiger partial charge on any atom is -0.356 e. The van der Waals surface area contributed by atoms with Gasteiger partial charge < -0.3 is 25.8 Å². The van der Waals surface area contributed by atoms with Crippen LogP contribution in [0.25, 0.3) is 10.9 Å². The van der Waals surface area contributed by atoms with Gasteiger partial charge in [0.1, 0.15) is 11.7 Å². The fraction of sp³-hybridized carbons (Fsp3) is 0.472. The van der Waals surface area contributed by atoms with Gasteiger partial charge >= 0.3 is 0 Å². The molecule has 6 rings (SSSR count). The number of aromatic amines is 1. The molecule has 3 aliphatic rings. The highest BCUT2D eigenvalue weighted by atomic mass is 16.2. The predicted molar refractivity (Wildman–Crippen MR) is 173 cm³/mol.